The second kappa shape index (κ2) is 6.99. The molecular formula is C14H17N3O3S2. The van der Waals surface area contributed by atoms with Crippen LogP contribution in [0, 0.1) is 6.92 Å². The number of thiazole rings is 1. The number of aromatic nitrogens is 1. The Morgan fingerprint density at radius 2 is 1.95 bits per heavy atom. The summed E-state index contributed by atoms with van der Waals surface area (Å²) in [6, 6.07) is 6.49. The minimum absolute atomic E-state index is 0.110. The van der Waals surface area contributed by atoms with Gasteiger partial charge in [-0.2, -0.15) is 0 Å². The van der Waals surface area contributed by atoms with Crippen molar-refractivity contribution in [3.63, 3.8) is 0 Å². The van der Waals surface area contributed by atoms with Gasteiger partial charge in [-0.1, -0.05) is 12.1 Å². The second-order valence-electron chi connectivity index (χ2n) is 4.68. The van der Waals surface area contributed by atoms with Crippen molar-refractivity contribution in [2.45, 2.75) is 24.7 Å². The lowest BCUT2D eigenvalue weighted by atomic mass is 10.1. The van der Waals surface area contributed by atoms with Crippen LogP contribution in [0.2, 0.25) is 0 Å². The number of sulfonamides is 1. The number of hydrogen-bond donors (Lipinski definition) is 2. The molecule has 6 nitrogen and oxygen atoms in total. The zero-order valence-electron chi connectivity index (χ0n) is 12.3. The molecule has 2 rings (SSSR count). The molecule has 1 amide bonds. The molecule has 8 heteroatoms. The summed E-state index contributed by atoms with van der Waals surface area (Å²) in [7, 11) is -2.05. The number of nitrogens with one attached hydrogen (secondary N) is 2. The van der Waals surface area contributed by atoms with Crippen LogP contribution in [-0.4, -0.2) is 26.4 Å². The molecule has 2 N–H and O–H groups in total. The molecule has 22 heavy (non-hydrogen) atoms. The first kappa shape index (κ1) is 16.6. The van der Waals surface area contributed by atoms with Crippen molar-refractivity contribution in [3.8, 4) is 0 Å². The summed E-state index contributed by atoms with van der Waals surface area (Å²) in [5.41, 5.74) is 0.903. The van der Waals surface area contributed by atoms with Gasteiger partial charge in [-0.05, 0) is 38.1 Å². The van der Waals surface area contributed by atoms with Crippen LogP contribution in [-0.2, 0) is 21.2 Å². The number of hydrogen-bond acceptors (Lipinski definition) is 5. The van der Waals surface area contributed by atoms with Crippen LogP contribution in [0.5, 0.6) is 0 Å². The van der Waals surface area contributed by atoms with Crippen molar-refractivity contribution in [1.29, 1.82) is 0 Å². The molecule has 0 fully saturated rings. The topological polar surface area (TPSA) is 88.2 Å². The van der Waals surface area contributed by atoms with Gasteiger partial charge >= 0.3 is 0 Å². The minimum Gasteiger partial charge on any atom is -0.302 e. The maximum absolute atomic E-state index is 11.8. The Morgan fingerprint density at radius 3 is 2.50 bits per heavy atom. The second-order valence-corrected chi connectivity index (χ2v) is 7.80. The van der Waals surface area contributed by atoms with Gasteiger partial charge in [-0.3, -0.25) is 4.79 Å². The Balaban J connectivity index is 1.90. The van der Waals surface area contributed by atoms with Gasteiger partial charge in [0.15, 0.2) is 5.13 Å². The van der Waals surface area contributed by atoms with E-state index < -0.39 is 10.0 Å². The first-order chi connectivity index (χ1) is 10.4. The van der Waals surface area contributed by atoms with Gasteiger partial charge in [0.2, 0.25) is 15.9 Å². The Morgan fingerprint density at radius 1 is 1.27 bits per heavy atom. The third-order valence-electron chi connectivity index (χ3n) is 3.01. The lowest BCUT2D eigenvalue weighted by Crippen LogP contribution is -2.18. The number of carbonyl (C=O) groups excluding carboxylic acids is 1. The van der Waals surface area contributed by atoms with Gasteiger partial charge in [-0.25, -0.2) is 18.1 Å². The van der Waals surface area contributed by atoms with Crippen LogP contribution in [0.3, 0.4) is 0 Å². The summed E-state index contributed by atoms with van der Waals surface area (Å²) in [4.78, 5) is 17.1. The fourth-order valence-corrected chi connectivity index (χ4v) is 3.22. The van der Waals surface area contributed by atoms with Crippen LogP contribution < -0.4 is 10.0 Å². The zero-order valence-corrected chi connectivity index (χ0v) is 13.9. The highest BCUT2D eigenvalue weighted by Crippen LogP contribution is 2.17. The number of nitrogens with zero attached hydrogens (tertiary/aromatic N) is 1. The summed E-state index contributed by atoms with van der Waals surface area (Å²) in [5.74, 6) is -0.110. The van der Waals surface area contributed by atoms with E-state index in [-0.39, 0.29) is 10.8 Å². The van der Waals surface area contributed by atoms with Crippen molar-refractivity contribution in [2.75, 3.05) is 12.4 Å². The first-order valence-corrected chi connectivity index (χ1v) is 8.95. The fourth-order valence-electron chi connectivity index (χ4n) is 1.81. The summed E-state index contributed by atoms with van der Waals surface area (Å²) in [5, 5.41) is 3.34. The molecular weight excluding hydrogens is 322 g/mol. The standard InChI is InChI=1S/C14H17N3O3S2/c1-10-9-16-14(21-10)17-13(18)8-5-11-3-6-12(7-4-11)22(19,20)15-2/h3-4,6-7,9,15H,5,8H2,1-2H3,(H,16,17,18). The quantitative estimate of drug-likeness (QED) is 0.842. The average molecular weight is 339 g/mol. The molecule has 0 aliphatic carbocycles. The molecule has 0 aliphatic heterocycles. The summed E-state index contributed by atoms with van der Waals surface area (Å²) in [6.07, 6.45) is 2.56. The van der Waals surface area contributed by atoms with E-state index in [0.717, 1.165) is 10.4 Å². The molecule has 0 atom stereocenters. The van der Waals surface area contributed by atoms with Crippen LogP contribution in [0.1, 0.15) is 16.9 Å². The number of benzene rings is 1. The molecule has 118 valence electrons. The van der Waals surface area contributed by atoms with Gasteiger partial charge in [0.1, 0.15) is 0 Å². The van der Waals surface area contributed by atoms with E-state index in [4.69, 9.17) is 0 Å². The number of rotatable bonds is 6. The Hall–Kier alpha value is -1.77. The normalized spacial score (nSPS) is 11.4. The van der Waals surface area contributed by atoms with E-state index in [9.17, 15) is 13.2 Å². The van der Waals surface area contributed by atoms with Gasteiger partial charge < -0.3 is 5.32 Å². The van der Waals surface area contributed by atoms with E-state index in [0.29, 0.717) is 18.0 Å². The monoisotopic (exact) mass is 339 g/mol. The van der Waals surface area contributed by atoms with Crippen LogP contribution in [0.15, 0.2) is 35.4 Å². The zero-order chi connectivity index (χ0) is 16.2. The smallest absolute Gasteiger partial charge is 0.240 e. The van der Waals surface area contributed by atoms with Crippen LogP contribution in [0.25, 0.3) is 0 Å². The van der Waals surface area contributed by atoms with Gasteiger partial charge in [0.25, 0.3) is 0 Å². The molecule has 0 unspecified atom stereocenters. The Bertz CT molecular complexity index is 752. The van der Waals surface area contributed by atoms with E-state index in [1.165, 1.54) is 30.5 Å². The molecule has 1 heterocycles. The highest BCUT2D eigenvalue weighted by atomic mass is 32.2. The molecule has 0 saturated carbocycles. The largest absolute Gasteiger partial charge is 0.302 e. The molecule has 2 aromatic rings. The Kier molecular flexibility index (Phi) is 5.28. The van der Waals surface area contributed by atoms with Crippen molar-refractivity contribution in [3.05, 3.63) is 40.9 Å². The third kappa shape index (κ3) is 4.36. The van der Waals surface area contributed by atoms with Crippen molar-refractivity contribution in [1.82, 2.24) is 9.71 Å². The van der Waals surface area contributed by atoms with E-state index in [1.54, 1.807) is 18.3 Å². The van der Waals surface area contributed by atoms with Crippen molar-refractivity contribution in [2.24, 2.45) is 0 Å². The third-order valence-corrected chi connectivity index (χ3v) is 5.27. The molecule has 0 spiro atoms. The molecule has 0 saturated heterocycles. The first-order valence-electron chi connectivity index (χ1n) is 6.65. The average Bonchev–Trinajstić information content (AvgIpc) is 2.90. The number of carbonyl (C=O) groups is 1. The predicted octanol–water partition coefficient (Wildman–Crippen LogP) is 1.93. The highest BCUT2D eigenvalue weighted by Gasteiger charge is 2.11. The number of aryl methyl sites for hydroxylation is 2. The lowest BCUT2D eigenvalue weighted by molar-refractivity contribution is -0.116. The van der Waals surface area contributed by atoms with E-state index in [2.05, 4.69) is 15.0 Å². The summed E-state index contributed by atoms with van der Waals surface area (Å²) >= 11 is 1.43. The maximum atomic E-state index is 11.8. The van der Waals surface area contributed by atoms with Gasteiger partial charge in [0, 0.05) is 17.5 Å². The van der Waals surface area contributed by atoms with Crippen molar-refractivity contribution < 1.29 is 13.2 Å². The number of amides is 1. The minimum atomic E-state index is -3.42. The molecule has 0 radical (unpaired) electrons. The van der Waals surface area contributed by atoms with Gasteiger partial charge in [0.05, 0.1) is 4.90 Å². The summed E-state index contributed by atoms with van der Waals surface area (Å²) in [6.45, 7) is 1.92. The number of anilines is 1. The molecule has 1 aromatic heterocycles. The van der Waals surface area contributed by atoms with Crippen LogP contribution in [0.4, 0.5) is 5.13 Å². The van der Waals surface area contributed by atoms with Crippen LogP contribution >= 0.6 is 11.3 Å². The fraction of sp³-hybridized carbons (Fsp3) is 0.286. The SMILES string of the molecule is CNS(=O)(=O)c1ccc(CCC(=O)Nc2ncc(C)s2)cc1. The summed E-state index contributed by atoms with van der Waals surface area (Å²) < 4.78 is 25.5. The Labute approximate surface area is 133 Å². The maximum Gasteiger partial charge on any atom is 0.240 e. The lowest BCUT2D eigenvalue weighted by Gasteiger charge is -2.05. The van der Waals surface area contributed by atoms with Gasteiger partial charge in [-0.15, -0.1) is 11.3 Å². The van der Waals surface area contributed by atoms with E-state index >= 15 is 0 Å². The molecule has 0 bridgehead atoms. The molecule has 1 aromatic carbocycles. The highest BCUT2D eigenvalue weighted by molar-refractivity contribution is 7.89. The predicted molar refractivity (Wildman–Crippen MR) is 86.5 cm³/mol. The van der Waals surface area contributed by atoms with E-state index in [1.807, 2.05) is 6.92 Å². The van der Waals surface area contributed by atoms with Crippen molar-refractivity contribution >= 4 is 32.4 Å². The molecule has 0 aliphatic rings.